The van der Waals surface area contributed by atoms with Gasteiger partial charge < -0.3 is 5.11 Å². The Balaban J connectivity index is 0. The predicted octanol–water partition coefficient (Wildman–Crippen LogP) is -0.0331. The summed E-state index contributed by atoms with van der Waals surface area (Å²) in [4.78, 5) is 9.30. The number of carboxylic acid groups (broad SMARTS) is 1. The molecule has 0 saturated heterocycles. The van der Waals surface area contributed by atoms with Crippen LogP contribution in [0.25, 0.3) is 0 Å². The molecule has 5 heteroatoms. The first-order chi connectivity index (χ1) is 2.77. The number of carbonyl (C=O) groups is 1. The van der Waals surface area contributed by atoms with Gasteiger partial charge in [0.05, 0.1) is 0 Å². The first kappa shape index (κ1) is 9.82. The molecule has 0 fully saturated rings. The lowest BCUT2D eigenvalue weighted by atomic mass is 10.7. The summed E-state index contributed by atoms with van der Waals surface area (Å²) in [5.41, 5.74) is 0.968. The first-order valence-electron chi connectivity index (χ1n) is 1.32. The molecule has 0 spiro atoms. The maximum atomic E-state index is 10.6. The lowest BCUT2D eigenvalue weighted by molar-refractivity contribution is -0.136. The molecule has 0 saturated carbocycles. The van der Waals surface area contributed by atoms with E-state index >= 15 is 0 Å². The van der Waals surface area contributed by atoms with Gasteiger partial charge in [-0.15, -0.1) is 22.4 Å². The Labute approximate surface area is 45.9 Å². The number of halogens is 2. The molecule has 0 aromatic rings. The van der Waals surface area contributed by atoms with Crippen LogP contribution in [-0.4, -0.2) is 17.6 Å². The van der Waals surface area contributed by atoms with Crippen molar-refractivity contribution in [3.63, 3.8) is 0 Å². The highest BCUT2D eigenvalue weighted by molar-refractivity contribution is 5.85. The van der Waals surface area contributed by atoms with Gasteiger partial charge in [-0.2, -0.15) is 0 Å². The summed E-state index contributed by atoms with van der Waals surface area (Å²) in [7, 11) is 0. The minimum absolute atomic E-state index is 0. The Morgan fingerprint density at radius 2 is 2.29 bits per heavy atom. The van der Waals surface area contributed by atoms with Crippen molar-refractivity contribution in [1.29, 1.82) is 0 Å². The fraction of sp³-hybridized carbons (Fsp3) is 0.500. The number of rotatable bonds is 2. The summed E-state index contributed by atoms with van der Waals surface area (Å²) in [6, 6.07) is 0. The van der Waals surface area contributed by atoms with Gasteiger partial charge in [-0.3, -0.25) is 4.79 Å². The third-order valence-corrected chi connectivity index (χ3v) is 0.218. The number of nitrogens with one attached hydrogen (secondary N) is 1. The van der Waals surface area contributed by atoms with E-state index in [1.54, 1.807) is 0 Å². The molecule has 0 unspecified atom stereocenters. The van der Waals surface area contributed by atoms with Gasteiger partial charge in [0.2, 0.25) is 0 Å². The first-order valence-corrected chi connectivity index (χ1v) is 1.32. The van der Waals surface area contributed by atoms with Crippen molar-refractivity contribution in [2.75, 3.05) is 6.54 Å². The van der Waals surface area contributed by atoms with Gasteiger partial charge in [-0.05, 0) is 0 Å². The zero-order valence-corrected chi connectivity index (χ0v) is 4.17. The van der Waals surface area contributed by atoms with Gasteiger partial charge in [-0.1, -0.05) is 0 Å². The molecular formula is C2H5ClFNO2. The van der Waals surface area contributed by atoms with E-state index in [4.69, 9.17) is 5.11 Å². The zero-order chi connectivity index (χ0) is 4.99. The summed E-state index contributed by atoms with van der Waals surface area (Å²) in [6.45, 7) is -0.625. The normalized spacial score (nSPS) is 7.00. The van der Waals surface area contributed by atoms with Crippen molar-refractivity contribution < 1.29 is 14.4 Å². The van der Waals surface area contributed by atoms with Crippen LogP contribution in [0.2, 0.25) is 0 Å². The number of aliphatic carboxylic acids is 1. The molecule has 7 heavy (non-hydrogen) atoms. The van der Waals surface area contributed by atoms with Gasteiger partial charge in [0.15, 0.2) is 0 Å². The topological polar surface area (TPSA) is 49.3 Å². The van der Waals surface area contributed by atoms with Crippen LogP contribution in [-0.2, 0) is 4.79 Å². The summed E-state index contributed by atoms with van der Waals surface area (Å²) >= 11 is 0. The van der Waals surface area contributed by atoms with Crippen molar-refractivity contribution in [3.05, 3.63) is 0 Å². The van der Waals surface area contributed by atoms with Crippen LogP contribution >= 0.6 is 12.4 Å². The van der Waals surface area contributed by atoms with Crippen LogP contribution in [0.4, 0.5) is 4.48 Å². The van der Waals surface area contributed by atoms with Crippen molar-refractivity contribution in [2.45, 2.75) is 0 Å². The highest BCUT2D eigenvalue weighted by atomic mass is 35.5. The SMILES string of the molecule is Cl.O=C(O)CNF. The fourth-order valence-electron chi connectivity index (χ4n) is 0.0572. The second-order valence-electron chi connectivity index (χ2n) is 0.704. The molecule has 0 heterocycles. The van der Waals surface area contributed by atoms with E-state index in [1.165, 1.54) is 0 Å². The van der Waals surface area contributed by atoms with E-state index in [0.29, 0.717) is 0 Å². The molecule has 0 rings (SSSR count). The van der Waals surface area contributed by atoms with E-state index in [2.05, 4.69) is 0 Å². The average Bonchev–Trinajstić information content (AvgIpc) is 1.35. The van der Waals surface area contributed by atoms with E-state index in [9.17, 15) is 9.28 Å². The largest absolute Gasteiger partial charge is 0.480 e. The van der Waals surface area contributed by atoms with Gasteiger partial charge in [0, 0.05) is 0 Å². The minimum atomic E-state index is -1.20. The molecule has 44 valence electrons. The van der Waals surface area contributed by atoms with E-state index < -0.39 is 12.5 Å². The maximum Gasteiger partial charge on any atom is 0.320 e. The van der Waals surface area contributed by atoms with Crippen molar-refractivity contribution in [2.24, 2.45) is 0 Å². The molecule has 2 N–H and O–H groups in total. The maximum absolute atomic E-state index is 10.6. The lowest BCUT2D eigenvalue weighted by Crippen LogP contribution is -2.13. The van der Waals surface area contributed by atoms with Gasteiger partial charge in [0.25, 0.3) is 0 Å². The highest BCUT2D eigenvalue weighted by Gasteiger charge is 1.88. The second-order valence-corrected chi connectivity index (χ2v) is 0.704. The van der Waals surface area contributed by atoms with Crippen LogP contribution in [0, 0.1) is 0 Å². The Morgan fingerprint density at radius 1 is 1.86 bits per heavy atom. The summed E-state index contributed by atoms with van der Waals surface area (Å²) in [5, 5.41) is 7.61. The second kappa shape index (κ2) is 5.65. The standard InChI is InChI=1S/C2H4FNO2.ClH/c3-4-1-2(5)6;/h4H,1H2,(H,5,6);1H. The van der Waals surface area contributed by atoms with Crippen LogP contribution < -0.4 is 5.54 Å². The van der Waals surface area contributed by atoms with Crippen LogP contribution in [0.5, 0.6) is 0 Å². The van der Waals surface area contributed by atoms with Gasteiger partial charge >= 0.3 is 5.97 Å². The molecule has 0 amide bonds. The Bertz CT molecular complexity index is 59.7. The lowest BCUT2D eigenvalue weighted by Gasteiger charge is -1.80. The van der Waals surface area contributed by atoms with Crippen LogP contribution in [0.15, 0.2) is 0 Å². The average molecular weight is 130 g/mol. The molecule has 0 aliphatic rings. The molecular weight excluding hydrogens is 124 g/mol. The summed E-state index contributed by atoms with van der Waals surface area (Å²) in [6.07, 6.45) is 0. The smallest absolute Gasteiger partial charge is 0.320 e. The molecule has 0 aromatic heterocycles. The van der Waals surface area contributed by atoms with Gasteiger partial charge in [0.1, 0.15) is 6.54 Å². The highest BCUT2D eigenvalue weighted by Crippen LogP contribution is 1.55. The van der Waals surface area contributed by atoms with Crippen molar-refractivity contribution in [1.82, 2.24) is 5.54 Å². The number of hydrogen-bond donors (Lipinski definition) is 2. The van der Waals surface area contributed by atoms with Crippen molar-refractivity contribution >= 4 is 18.4 Å². The summed E-state index contributed by atoms with van der Waals surface area (Å²) in [5.74, 6) is -1.20. The molecule has 0 radical (unpaired) electrons. The van der Waals surface area contributed by atoms with E-state index in [-0.39, 0.29) is 12.4 Å². The predicted molar refractivity (Wildman–Crippen MR) is 24.0 cm³/mol. The van der Waals surface area contributed by atoms with Gasteiger partial charge in [-0.25, -0.2) is 0 Å². The molecule has 0 bridgehead atoms. The molecule has 0 aliphatic carbocycles. The van der Waals surface area contributed by atoms with Crippen LogP contribution in [0.1, 0.15) is 0 Å². The van der Waals surface area contributed by atoms with E-state index in [1.807, 2.05) is 0 Å². The third-order valence-electron chi connectivity index (χ3n) is 0.218. The molecule has 0 aliphatic heterocycles. The molecule has 0 aromatic carbocycles. The van der Waals surface area contributed by atoms with Crippen molar-refractivity contribution in [3.8, 4) is 0 Å². The fourth-order valence-corrected chi connectivity index (χ4v) is 0.0572. The van der Waals surface area contributed by atoms with E-state index in [0.717, 1.165) is 5.54 Å². The Morgan fingerprint density at radius 3 is 2.29 bits per heavy atom. The minimum Gasteiger partial charge on any atom is -0.480 e. The third kappa shape index (κ3) is 10.7. The summed E-state index contributed by atoms with van der Waals surface area (Å²) < 4.78 is 10.6. The van der Waals surface area contributed by atoms with Crippen LogP contribution in [0.3, 0.4) is 0 Å². The monoisotopic (exact) mass is 129 g/mol. The molecule has 3 nitrogen and oxygen atoms in total. The Hall–Kier alpha value is -0.350. The zero-order valence-electron chi connectivity index (χ0n) is 3.35. The number of hydrogen-bond acceptors (Lipinski definition) is 2. The number of carboxylic acids is 1. The Kier molecular flexibility index (Phi) is 7.92. The molecule has 0 atom stereocenters. The quantitative estimate of drug-likeness (QED) is 0.515.